The molecular weight excluding hydrogens is 316 g/mol. The molecule has 0 amide bonds. The molecule has 0 aromatic carbocycles. The van der Waals surface area contributed by atoms with E-state index in [1.54, 1.807) is 0 Å². The lowest BCUT2D eigenvalue weighted by atomic mass is 10.1. The number of nitrogens with one attached hydrogen (secondary N) is 1. The summed E-state index contributed by atoms with van der Waals surface area (Å²) in [4.78, 5) is 9.73. The van der Waals surface area contributed by atoms with Crippen LogP contribution in [0.15, 0.2) is 4.99 Å². The van der Waals surface area contributed by atoms with E-state index in [-0.39, 0.29) is 12.2 Å². The van der Waals surface area contributed by atoms with Gasteiger partial charge in [0.15, 0.2) is 5.96 Å². The number of hydrogen-bond acceptors (Lipinski definition) is 4. The molecule has 0 aromatic heterocycles. The van der Waals surface area contributed by atoms with Crippen molar-refractivity contribution >= 4 is 5.96 Å². The van der Waals surface area contributed by atoms with Crippen molar-refractivity contribution in [1.29, 1.82) is 0 Å². The number of aliphatic imine (C=N–C) groups is 1. The van der Waals surface area contributed by atoms with E-state index in [0.717, 1.165) is 64.7 Å². The van der Waals surface area contributed by atoms with Gasteiger partial charge in [-0.25, -0.2) is 0 Å². The SMILES string of the molecule is CCNC(=NCCN(C(C)C)C(C)C)N1CCOC(C2CCCO2)C1. The van der Waals surface area contributed by atoms with Gasteiger partial charge in [0, 0.05) is 44.9 Å². The zero-order chi connectivity index (χ0) is 18.2. The molecule has 2 rings (SSSR count). The number of guanidine groups is 1. The predicted molar refractivity (Wildman–Crippen MR) is 103 cm³/mol. The summed E-state index contributed by atoms with van der Waals surface area (Å²) in [6.07, 6.45) is 2.69. The van der Waals surface area contributed by atoms with E-state index in [0.29, 0.717) is 12.1 Å². The van der Waals surface area contributed by atoms with Crippen molar-refractivity contribution in [1.82, 2.24) is 15.1 Å². The van der Waals surface area contributed by atoms with Gasteiger partial charge in [-0.15, -0.1) is 0 Å². The monoisotopic (exact) mass is 354 g/mol. The molecule has 6 nitrogen and oxygen atoms in total. The highest BCUT2D eigenvalue weighted by molar-refractivity contribution is 5.80. The van der Waals surface area contributed by atoms with Gasteiger partial charge in [-0.3, -0.25) is 9.89 Å². The quantitative estimate of drug-likeness (QED) is 0.559. The van der Waals surface area contributed by atoms with Gasteiger partial charge in [0.2, 0.25) is 0 Å². The van der Waals surface area contributed by atoms with E-state index in [4.69, 9.17) is 14.5 Å². The summed E-state index contributed by atoms with van der Waals surface area (Å²) < 4.78 is 11.8. The Morgan fingerprint density at radius 3 is 2.48 bits per heavy atom. The Morgan fingerprint density at radius 1 is 1.16 bits per heavy atom. The summed E-state index contributed by atoms with van der Waals surface area (Å²) in [6, 6.07) is 1.09. The molecule has 2 saturated heterocycles. The predicted octanol–water partition coefficient (Wildman–Crippen LogP) is 1.95. The molecule has 6 heteroatoms. The minimum absolute atomic E-state index is 0.169. The third-order valence-corrected chi connectivity index (χ3v) is 5.05. The van der Waals surface area contributed by atoms with Crippen LogP contribution in [0.25, 0.3) is 0 Å². The summed E-state index contributed by atoms with van der Waals surface area (Å²) in [5.74, 6) is 1.02. The standard InChI is InChI=1S/C19H38N4O2/c1-6-20-19(21-9-10-23(15(2)3)16(4)5)22-11-13-25-18(14-22)17-8-7-12-24-17/h15-18H,6-14H2,1-5H3,(H,20,21). The molecule has 2 atom stereocenters. The Morgan fingerprint density at radius 2 is 1.88 bits per heavy atom. The van der Waals surface area contributed by atoms with Gasteiger partial charge in [-0.1, -0.05) is 0 Å². The normalized spacial score (nSPS) is 25.4. The Kier molecular flexibility index (Phi) is 8.46. The van der Waals surface area contributed by atoms with Crippen molar-refractivity contribution in [3.63, 3.8) is 0 Å². The number of ether oxygens (including phenoxy) is 2. The first kappa shape index (κ1) is 20.5. The van der Waals surface area contributed by atoms with Crippen LogP contribution in [0.5, 0.6) is 0 Å². The lowest BCUT2D eigenvalue weighted by Gasteiger charge is -2.37. The number of nitrogens with zero attached hydrogens (tertiary/aromatic N) is 3. The van der Waals surface area contributed by atoms with Crippen LogP contribution >= 0.6 is 0 Å². The van der Waals surface area contributed by atoms with Crippen LogP contribution in [-0.4, -0.2) is 86.0 Å². The molecule has 146 valence electrons. The summed E-state index contributed by atoms with van der Waals surface area (Å²) in [5.41, 5.74) is 0. The molecule has 25 heavy (non-hydrogen) atoms. The zero-order valence-corrected chi connectivity index (χ0v) is 16.8. The second-order valence-corrected chi connectivity index (χ2v) is 7.57. The fraction of sp³-hybridized carbons (Fsp3) is 0.947. The maximum absolute atomic E-state index is 5.97. The van der Waals surface area contributed by atoms with Crippen molar-refractivity contribution in [3.8, 4) is 0 Å². The van der Waals surface area contributed by atoms with Crippen molar-refractivity contribution in [2.24, 2.45) is 4.99 Å². The molecule has 0 saturated carbocycles. The van der Waals surface area contributed by atoms with Crippen LogP contribution < -0.4 is 5.32 Å². The number of morpholine rings is 1. The highest BCUT2D eigenvalue weighted by Crippen LogP contribution is 2.21. The van der Waals surface area contributed by atoms with Gasteiger partial charge >= 0.3 is 0 Å². The minimum atomic E-state index is 0.169. The molecule has 0 bridgehead atoms. The van der Waals surface area contributed by atoms with Crippen molar-refractivity contribution in [2.75, 3.05) is 45.9 Å². The van der Waals surface area contributed by atoms with Gasteiger partial charge in [0.1, 0.15) is 6.10 Å². The molecule has 0 spiro atoms. The molecule has 1 N–H and O–H groups in total. The van der Waals surface area contributed by atoms with Crippen LogP contribution in [-0.2, 0) is 9.47 Å². The topological polar surface area (TPSA) is 49.3 Å². The van der Waals surface area contributed by atoms with Gasteiger partial charge < -0.3 is 19.7 Å². The largest absolute Gasteiger partial charge is 0.375 e. The van der Waals surface area contributed by atoms with Crippen molar-refractivity contribution in [3.05, 3.63) is 0 Å². The number of rotatable bonds is 7. The molecule has 0 radical (unpaired) electrons. The first-order chi connectivity index (χ1) is 12.0. The average molecular weight is 355 g/mol. The molecule has 0 aliphatic carbocycles. The molecule has 2 aliphatic rings. The Hall–Kier alpha value is -0.850. The van der Waals surface area contributed by atoms with Crippen molar-refractivity contribution < 1.29 is 9.47 Å². The fourth-order valence-electron chi connectivity index (χ4n) is 3.80. The molecule has 2 heterocycles. The molecule has 2 unspecified atom stereocenters. The van der Waals surface area contributed by atoms with Crippen LogP contribution in [0.4, 0.5) is 0 Å². The van der Waals surface area contributed by atoms with E-state index < -0.39 is 0 Å². The van der Waals surface area contributed by atoms with Crippen LogP contribution in [0.2, 0.25) is 0 Å². The Labute approximate surface area is 153 Å². The van der Waals surface area contributed by atoms with Gasteiger partial charge in [-0.05, 0) is 47.5 Å². The van der Waals surface area contributed by atoms with E-state index in [1.807, 2.05) is 0 Å². The number of hydrogen-bond donors (Lipinski definition) is 1. The summed E-state index contributed by atoms with van der Waals surface area (Å²) in [6.45, 7) is 17.2. The first-order valence-corrected chi connectivity index (χ1v) is 10.0. The summed E-state index contributed by atoms with van der Waals surface area (Å²) in [7, 11) is 0. The minimum Gasteiger partial charge on any atom is -0.375 e. The van der Waals surface area contributed by atoms with E-state index >= 15 is 0 Å². The van der Waals surface area contributed by atoms with E-state index in [9.17, 15) is 0 Å². The van der Waals surface area contributed by atoms with Crippen molar-refractivity contribution in [2.45, 2.75) is 71.8 Å². The third kappa shape index (κ3) is 6.12. The highest BCUT2D eigenvalue weighted by Gasteiger charge is 2.32. The second kappa shape index (κ2) is 10.3. The summed E-state index contributed by atoms with van der Waals surface area (Å²) >= 11 is 0. The first-order valence-electron chi connectivity index (χ1n) is 10.0. The Bertz CT molecular complexity index is 400. The molecular formula is C19H38N4O2. The smallest absolute Gasteiger partial charge is 0.194 e. The van der Waals surface area contributed by atoms with Gasteiger partial charge in [0.05, 0.1) is 19.3 Å². The molecule has 0 aromatic rings. The summed E-state index contributed by atoms with van der Waals surface area (Å²) in [5, 5.41) is 3.46. The average Bonchev–Trinajstić information content (AvgIpc) is 3.11. The molecule has 2 fully saturated rings. The second-order valence-electron chi connectivity index (χ2n) is 7.57. The maximum atomic E-state index is 5.97. The van der Waals surface area contributed by atoms with Gasteiger partial charge in [0.25, 0.3) is 0 Å². The Balaban J connectivity index is 1.93. The lowest BCUT2D eigenvalue weighted by Crippen LogP contribution is -2.53. The lowest BCUT2D eigenvalue weighted by molar-refractivity contribution is -0.0817. The third-order valence-electron chi connectivity index (χ3n) is 5.05. The van der Waals surface area contributed by atoms with Crippen LogP contribution in [0, 0.1) is 0 Å². The van der Waals surface area contributed by atoms with Gasteiger partial charge in [-0.2, -0.15) is 0 Å². The zero-order valence-electron chi connectivity index (χ0n) is 16.8. The highest BCUT2D eigenvalue weighted by atomic mass is 16.5. The van der Waals surface area contributed by atoms with E-state index in [1.165, 1.54) is 0 Å². The van der Waals surface area contributed by atoms with Crippen LogP contribution in [0.1, 0.15) is 47.5 Å². The fourth-order valence-corrected chi connectivity index (χ4v) is 3.80. The maximum Gasteiger partial charge on any atom is 0.194 e. The van der Waals surface area contributed by atoms with Crippen LogP contribution in [0.3, 0.4) is 0 Å². The molecule has 2 aliphatic heterocycles. The van der Waals surface area contributed by atoms with E-state index in [2.05, 4.69) is 49.7 Å².